The molecule has 2 aromatic carbocycles. The van der Waals surface area contributed by atoms with E-state index in [1.807, 2.05) is 12.1 Å². The minimum absolute atomic E-state index is 0.322. The minimum atomic E-state index is -2.68. The maximum absolute atomic E-state index is 8.63. The molecule has 0 unspecified atom stereocenters. The van der Waals surface area contributed by atoms with E-state index in [-0.39, 0.29) is 0 Å². The molecule has 0 atom stereocenters. The zero-order chi connectivity index (χ0) is 16.4. The van der Waals surface area contributed by atoms with Crippen molar-refractivity contribution in [1.29, 1.82) is 5.26 Å². The summed E-state index contributed by atoms with van der Waals surface area (Å²) in [5.41, 5.74) is 0.561. The predicted octanol–water partition coefficient (Wildman–Crippen LogP) is 3.85. The van der Waals surface area contributed by atoms with E-state index in [1.54, 1.807) is 48.5 Å². The summed E-state index contributed by atoms with van der Waals surface area (Å²) in [7, 11) is 2.88. The Morgan fingerprint density at radius 1 is 1.00 bits per heavy atom. The maximum atomic E-state index is 8.63. The van der Waals surface area contributed by atoms with E-state index in [0.29, 0.717) is 17.1 Å². The number of nitrogens with zero attached hydrogens (tertiary/aromatic N) is 1. The van der Waals surface area contributed by atoms with Crippen LogP contribution in [0, 0.1) is 11.3 Å². The second kappa shape index (κ2) is 9.19. The Balaban J connectivity index is 0.000000287. The van der Waals surface area contributed by atoms with Crippen molar-refractivity contribution in [2.75, 3.05) is 14.2 Å². The molecule has 0 aliphatic heterocycles. The first-order valence-electron chi connectivity index (χ1n) is 6.18. The summed E-state index contributed by atoms with van der Waals surface area (Å²) < 4.78 is 15.3. The van der Waals surface area contributed by atoms with Gasteiger partial charge in [0.15, 0.2) is 0 Å². The lowest BCUT2D eigenvalue weighted by Gasteiger charge is -2.17. The second-order valence-corrected chi connectivity index (χ2v) is 7.02. The van der Waals surface area contributed by atoms with Crippen molar-refractivity contribution in [1.82, 2.24) is 0 Å². The van der Waals surface area contributed by atoms with Crippen LogP contribution in [0.25, 0.3) is 0 Å². The van der Waals surface area contributed by atoms with E-state index in [0.717, 1.165) is 0 Å². The Morgan fingerprint density at radius 3 is 1.91 bits per heavy atom. The number of aromatic hydroxyl groups is 1. The number of phenols is 1. The molecule has 7 heteroatoms. The van der Waals surface area contributed by atoms with Gasteiger partial charge < -0.3 is 18.7 Å². The molecule has 0 bridgehead atoms. The Morgan fingerprint density at radius 2 is 1.55 bits per heavy atom. The molecule has 1 N–H and O–H groups in total. The van der Waals surface area contributed by atoms with Gasteiger partial charge in [0.05, 0.1) is 11.6 Å². The number of rotatable bonds is 4. The van der Waals surface area contributed by atoms with Crippen LogP contribution in [-0.2, 0) is 20.9 Å². The summed E-state index contributed by atoms with van der Waals surface area (Å²) in [6.45, 7) is -2.68. The van der Waals surface area contributed by atoms with Gasteiger partial charge in [-0.3, -0.25) is 0 Å². The molecule has 2 rings (SSSR count). The van der Waals surface area contributed by atoms with E-state index >= 15 is 0 Å². The van der Waals surface area contributed by atoms with Gasteiger partial charge in [0.1, 0.15) is 11.5 Å². The number of para-hydroxylation sites is 1. The lowest BCUT2D eigenvalue weighted by atomic mass is 10.2. The smallest absolute Gasteiger partial charge is 0.380 e. The molecule has 0 aliphatic carbocycles. The summed E-state index contributed by atoms with van der Waals surface area (Å²) in [5.74, 6) is 0.850. The van der Waals surface area contributed by atoms with Crippen LogP contribution in [0.4, 0.5) is 0 Å². The molecule has 0 aromatic heterocycles. The third-order valence-corrected chi connectivity index (χ3v) is 4.85. The zero-order valence-corrected chi connectivity index (χ0v) is 13.9. The molecule has 0 saturated carbocycles. The summed E-state index contributed by atoms with van der Waals surface area (Å²) >= 11 is 5.03. The summed E-state index contributed by atoms with van der Waals surface area (Å²) in [6.07, 6.45) is 0. The molecule has 5 nitrogen and oxygen atoms in total. The molecule has 0 radical (unpaired) electrons. The quantitative estimate of drug-likeness (QED) is 0.855. The monoisotopic (exact) mass is 337 g/mol. The highest BCUT2D eigenvalue weighted by atomic mass is 32.5. The second-order valence-electron chi connectivity index (χ2n) is 3.88. The molecule has 116 valence electrons. The van der Waals surface area contributed by atoms with Gasteiger partial charge in [-0.15, -0.1) is 0 Å². The van der Waals surface area contributed by atoms with E-state index in [1.165, 1.54) is 14.2 Å². The van der Waals surface area contributed by atoms with Crippen molar-refractivity contribution in [3.8, 4) is 17.6 Å². The van der Waals surface area contributed by atoms with Crippen LogP contribution in [-0.4, -0.2) is 19.3 Å². The van der Waals surface area contributed by atoms with Gasteiger partial charge in [-0.05, 0) is 36.4 Å². The van der Waals surface area contributed by atoms with Crippen LogP contribution in [0.1, 0.15) is 5.56 Å². The van der Waals surface area contributed by atoms with Gasteiger partial charge in [0.2, 0.25) is 0 Å². The van der Waals surface area contributed by atoms with E-state index in [9.17, 15) is 0 Å². The van der Waals surface area contributed by atoms with Crippen LogP contribution in [0.2, 0.25) is 0 Å². The van der Waals surface area contributed by atoms with Gasteiger partial charge in [-0.2, -0.15) is 5.26 Å². The first kappa shape index (κ1) is 18.1. The van der Waals surface area contributed by atoms with Crippen molar-refractivity contribution >= 4 is 18.5 Å². The lowest BCUT2D eigenvalue weighted by molar-refractivity contribution is 0.273. The third-order valence-electron chi connectivity index (χ3n) is 2.40. The van der Waals surface area contributed by atoms with Crippen molar-refractivity contribution < 1.29 is 18.7 Å². The summed E-state index contributed by atoms with van der Waals surface area (Å²) in [6, 6.07) is 17.3. The Bertz CT molecular complexity index is 647. The molecule has 0 amide bonds. The number of phenolic OH excluding ortho intramolecular Hbond substituents is 1. The largest absolute Gasteiger partial charge is 0.508 e. The molecule has 0 heterocycles. The summed E-state index contributed by atoms with van der Waals surface area (Å²) in [5, 5.41) is 17.2. The van der Waals surface area contributed by atoms with Crippen LogP contribution in [0.5, 0.6) is 11.5 Å². The maximum Gasteiger partial charge on any atom is 0.380 e. The molecule has 0 fully saturated rings. The average molecular weight is 337 g/mol. The van der Waals surface area contributed by atoms with Gasteiger partial charge >= 0.3 is 6.72 Å². The first-order valence-corrected chi connectivity index (χ1v) is 8.74. The topological polar surface area (TPSA) is 71.7 Å². The number of hydrogen-bond donors (Lipinski definition) is 1. The average Bonchev–Trinajstić information content (AvgIpc) is 2.57. The van der Waals surface area contributed by atoms with E-state index in [4.69, 9.17) is 35.7 Å². The number of benzene rings is 2. The number of nitriles is 1. The number of hydrogen-bond acceptors (Lipinski definition) is 6. The Kier molecular flexibility index (Phi) is 7.58. The molecule has 0 aliphatic rings. The van der Waals surface area contributed by atoms with Crippen LogP contribution < -0.4 is 4.52 Å². The first-order chi connectivity index (χ1) is 10.5. The normalized spacial score (nSPS) is 10.0. The standard InChI is InChI=1S/C9H10NO3PS.C6H6O/c1-11-14(15,12-2)13-9-5-3-8(7-10)4-6-9;7-6-4-2-1-3-5-6/h3-6H,1-2H3;1-5,7H. The fourth-order valence-electron chi connectivity index (χ4n) is 1.30. The van der Waals surface area contributed by atoms with Gasteiger partial charge in [-0.1, -0.05) is 18.2 Å². The molecule has 2 aromatic rings. The fraction of sp³-hybridized carbons (Fsp3) is 0.133. The SMILES string of the molecule is COP(=S)(OC)Oc1ccc(C#N)cc1.Oc1ccccc1. The Labute approximate surface area is 134 Å². The van der Waals surface area contributed by atoms with Crippen LogP contribution in [0.3, 0.4) is 0 Å². The van der Waals surface area contributed by atoms with Gasteiger partial charge in [0, 0.05) is 26.0 Å². The van der Waals surface area contributed by atoms with Crippen LogP contribution in [0.15, 0.2) is 54.6 Å². The Hall–Kier alpha value is -1.90. The van der Waals surface area contributed by atoms with Crippen LogP contribution >= 0.6 is 6.72 Å². The summed E-state index contributed by atoms with van der Waals surface area (Å²) in [4.78, 5) is 0. The molecular weight excluding hydrogens is 321 g/mol. The highest BCUT2D eigenvalue weighted by molar-refractivity contribution is 8.07. The molecule has 22 heavy (non-hydrogen) atoms. The highest BCUT2D eigenvalue weighted by Crippen LogP contribution is 2.48. The van der Waals surface area contributed by atoms with Crippen molar-refractivity contribution in [3.63, 3.8) is 0 Å². The van der Waals surface area contributed by atoms with E-state index < -0.39 is 6.72 Å². The molecular formula is C15H16NO4PS. The lowest BCUT2D eigenvalue weighted by Crippen LogP contribution is -1.96. The highest BCUT2D eigenvalue weighted by Gasteiger charge is 2.17. The minimum Gasteiger partial charge on any atom is -0.508 e. The molecule has 0 spiro atoms. The van der Waals surface area contributed by atoms with Crippen molar-refractivity contribution in [3.05, 3.63) is 60.2 Å². The third kappa shape index (κ3) is 6.25. The van der Waals surface area contributed by atoms with E-state index in [2.05, 4.69) is 0 Å². The van der Waals surface area contributed by atoms with Gasteiger partial charge in [0.25, 0.3) is 0 Å². The zero-order valence-electron chi connectivity index (χ0n) is 12.2. The van der Waals surface area contributed by atoms with Crippen molar-refractivity contribution in [2.45, 2.75) is 0 Å². The fourth-order valence-corrected chi connectivity index (χ4v) is 2.23. The van der Waals surface area contributed by atoms with Gasteiger partial charge in [-0.25, -0.2) is 0 Å². The molecule has 0 saturated heterocycles. The predicted molar refractivity (Wildman–Crippen MR) is 88.2 cm³/mol. The van der Waals surface area contributed by atoms with Crippen molar-refractivity contribution in [2.24, 2.45) is 0 Å².